The van der Waals surface area contributed by atoms with Crippen LogP contribution in [0.5, 0.6) is 0 Å². The number of carbonyl (C=O) groups excluding carboxylic acids is 3. The molecule has 0 spiro atoms. The Kier molecular flexibility index (Phi) is 5.73. The molecule has 6 nitrogen and oxygen atoms in total. The van der Waals surface area contributed by atoms with E-state index in [-0.39, 0.29) is 30.3 Å². The molecular weight excluding hydrogens is 296 g/mol. The van der Waals surface area contributed by atoms with Crippen LogP contribution >= 0.6 is 0 Å². The zero-order chi connectivity index (χ0) is 16.8. The molecule has 1 fully saturated rings. The maximum Gasteiger partial charge on any atom is 0.309 e. The van der Waals surface area contributed by atoms with Crippen molar-refractivity contribution >= 4 is 23.5 Å². The van der Waals surface area contributed by atoms with E-state index in [2.05, 4.69) is 5.32 Å². The Hall–Kier alpha value is -2.37. The van der Waals surface area contributed by atoms with Crippen molar-refractivity contribution in [2.75, 3.05) is 25.0 Å². The fourth-order valence-corrected chi connectivity index (χ4v) is 2.16. The molecule has 0 heterocycles. The van der Waals surface area contributed by atoms with Crippen LogP contribution < -0.4 is 5.32 Å². The summed E-state index contributed by atoms with van der Waals surface area (Å²) in [6.45, 7) is 4.88. The molecule has 6 heteroatoms. The van der Waals surface area contributed by atoms with Gasteiger partial charge in [0.1, 0.15) is 0 Å². The summed E-state index contributed by atoms with van der Waals surface area (Å²) in [5.41, 5.74) is 1.14. The van der Waals surface area contributed by atoms with Gasteiger partial charge in [-0.2, -0.15) is 0 Å². The van der Waals surface area contributed by atoms with Crippen molar-refractivity contribution in [2.45, 2.75) is 26.7 Å². The van der Waals surface area contributed by atoms with Crippen LogP contribution in [0.25, 0.3) is 0 Å². The second-order valence-corrected chi connectivity index (χ2v) is 5.48. The Morgan fingerprint density at radius 3 is 2.26 bits per heavy atom. The van der Waals surface area contributed by atoms with Gasteiger partial charge in [-0.25, -0.2) is 0 Å². The van der Waals surface area contributed by atoms with Gasteiger partial charge in [-0.05, 0) is 51.0 Å². The largest absolute Gasteiger partial charge is 0.455 e. The lowest BCUT2D eigenvalue weighted by molar-refractivity contribution is -0.148. The molecule has 0 bridgehead atoms. The number of rotatable bonds is 7. The summed E-state index contributed by atoms with van der Waals surface area (Å²) in [5.74, 6) is -0.749. The van der Waals surface area contributed by atoms with Crippen molar-refractivity contribution in [1.82, 2.24) is 4.90 Å². The first kappa shape index (κ1) is 17.0. The highest BCUT2D eigenvalue weighted by Gasteiger charge is 2.31. The highest BCUT2D eigenvalue weighted by Crippen LogP contribution is 2.29. The highest BCUT2D eigenvalue weighted by atomic mass is 16.5. The van der Waals surface area contributed by atoms with Crippen molar-refractivity contribution in [3.63, 3.8) is 0 Å². The average Bonchev–Trinajstić information content (AvgIpc) is 3.39. The Balaban J connectivity index is 1.85. The van der Waals surface area contributed by atoms with Crippen LogP contribution in [-0.4, -0.2) is 42.4 Å². The lowest BCUT2D eigenvalue weighted by Gasteiger charge is -2.18. The van der Waals surface area contributed by atoms with Crippen molar-refractivity contribution < 1.29 is 19.1 Å². The molecule has 1 aromatic carbocycles. The second-order valence-electron chi connectivity index (χ2n) is 5.48. The summed E-state index contributed by atoms with van der Waals surface area (Å²) < 4.78 is 4.91. The smallest absolute Gasteiger partial charge is 0.309 e. The number of ether oxygens (including phenoxy) is 1. The van der Waals surface area contributed by atoms with Gasteiger partial charge < -0.3 is 15.0 Å². The lowest BCUT2D eigenvalue weighted by Crippen LogP contribution is -2.30. The van der Waals surface area contributed by atoms with E-state index in [9.17, 15) is 14.4 Å². The highest BCUT2D eigenvalue weighted by molar-refractivity contribution is 5.96. The predicted molar refractivity (Wildman–Crippen MR) is 86.0 cm³/mol. The quantitative estimate of drug-likeness (QED) is 0.781. The number of hydrogen-bond donors (Lipinski definition) is 1. The van der Waals surface area contributed by atoms with Crippen LogP contribution in [0.2, 0.25) is 0 Å². The molecule has 2 amide bonds. The Labute approximate surface area is 135 Å². The number of esters is 1. The summed E-state index contributed by atoms with van der Waals surface area (Å²) in [4.78, 5) is 37.0. The normalized spacial score (nSPS) is 13.3. The van der Waals surface area contributed by atoms with Gasteiger partial charge in [0, 0.05) is 24.3 Å². The molecule has 1 saturated carbocycles. The third-order valence-electron chi connectivity index (χ3n) is 3.72. The molecule has 0 atom stereocenters. The zero-order valence-corrected chi connectivity index (χ0v) is 13.5. The molecular formula is C17H22N2O4. The van der Waals surface area contributed by atoms with E-state index in [0.29, 0.717) is 24.3 Å². The topological polar surface area (TPSA) is 75.7 Å². The molecule has 124 valence electrons. The van der Waals surface area contributed by atoms with E-state index in [4.69, 9.17) is 4.74 Å². The minimum absolute atomic E-state index is 0.0202. The van der Waals surface area contributed by atoms with Gasteiger partial charge in [-0.3, -0.25) is 14.4 Å². The number of hydrogen-bond acceptors (Lipinski definition) is 4. The number of nitrogens with zero attached hydrogens (tertiary/aromatic N) is 1. The first-order valence-corrected chi connectivity index (χ1v) is 7.91. The predicted octanol–water partition coefficient (Wildman–Crippen LogP) is 2.06. The van der Waals surface area contributed by atoms with Crippen LogP contribution in [0.15, 0.2) is 24.3 Å². The fourth-order valence-electron chi connectivity index (χ4n) is 2.16. The Morgan fingerprint density at radius 1 is 1.13 bits per heavy atom. The molecule has 2 rings (SSSR count). The minimum Gasteiger partial charge on any atom is -0.455 e. The van der Waals surface area contributed by atoms with Gasteiger partial charge in [-0.1, -0.05) is 0 Å². The maximum absolute atomic E-state index is 12.2. The molecule has 1 aliphatic rings. The third kappa shape index (κ3) is 4.81. The number of amides is 2. The molecule has 0 aromatic heterocycles. The van der Waals surface area contributed by atoms with Gasteiger partial charge >= 0.3 is 5.97 Å². The molecule has 0 unspecified atom stereocenters. The average molecular weight is 318 g/mol. The first-order valence-electron chi connectivity index (χ1n) is 7.91. The Bertz CT molecular complexity index is 575. The van der Waals surface area contributed by atoms with Gasteiger partial charge in [-0.15, -0.1) is 0 Å². The molecule has 0 aliphatic heterocycles. The van der Waals surface area contributed by atoms with Crippen LogP contribution in [0.1, 0.15) is 37.0 Å². The van der Waals surface area contributed by atoms with E-state index >= 15 is 0 Å². The zero-order valence-electron chi connectivity index (χ0n) is 13.5. The Morgan fingerprint density at radius 2 is 1.74 bits per heavy atom. The summed E-state index contributed by atoms with van der Waals surface area (Å²) in [6.07, 6.45) is 1.70. The summed E-state index contributed by atoms with van der Waals surface area (Å²) >= 11 is 0. The number of benzene rings is 1. The van der Waals surface area contributed by atoms with Crippen LogP contribution in [0.3, 0.4) is 0 Å². The van der Waals surface area contributed by atoms with Crippen molar-refractivity contribution in [1.29, 1.82) is 0 Å². The van der Waals surface area contributed by atoms with Crippen LogP contribution in [-0.2, 0) is 14.3 Å². The van der Waals surface area contributed by atoms with Gasteiger partial charge in [0.15, 0.2) is 6.61 Å². The number of carbonyl (C=O) groups is 3. The van der Waals surface area contributed by atoms with Gasteiger partial charge in [0.05, 0.1) is 5.92 Å². The van der Waals surface area contributed by atoms with Crippen molar-refractivity contribution in [3.05, 3.63) is 29.8 Å². The number of anilines is 1. The van der Waals surface area contributed by atoms with E-state index in [1.807, 2.05) is 13.8 Å². The van der Waals surface area contributed by atoms with Crippen molar-refractivity contribution in [3.8, 4) is 0 Å². The van der Waals surface area contributed by atoms with E-state index in [0.717, 1.165) is 12.8 Å². The van der Waals surface area contributed by atoms with Crippen LogP contribution in [0, 0.1) is 5.92 Å². The molecule has 1 aliphatic carbocycles. The third-order valence-corrected chi connectivity index (χ3v) is 3.72. The fraction of sp³-hybridized carbons (Fsp3) is 0.471. The van der Waals surface area contributed by atoms with E-state index in [1.54, 1.807) is 29.2 Å². The van der Waals surface area contributed by atoms with Gasteiger partial charge in [0.2, 0.25) is 0 Å². The second kappa shape index (κ2) is 7.76. The molecule has 1 N–H and O–H groups in total. The lowest BCUT2D eigenvalue weighted by atomic mass is 10.2. The minimum atomic E-state index is -0.387. The molecule has 23 heavy (non-hydrogen) atoms. The maximum atomic E-state index is 12.2. The molecule has 1 aromatic rings. The number of nitrogens with one attached hydrogen (secondary N) is 1. The van der Waals surface area contributed by atoms with Gasteiger partial charge in [0.25, 0.3) is 11.8 Å². The summed E-state index contributed by atoms with van der Waals surface area (Å²) in [5, 5.41) is 2.64. The SMILES string of the molecule is CCN(CC)C(=O)c1ccc(NC(=O)COC(=O)C2CC2)cc1. The van der Waals surface area contributed by atoms with Crippen LogP contribution in [0.4, 0.5) is 5.69 Å². The van der Waals surface area contributed by atoms with E-state index in [1.165, 1.54) is 0 Å². The first-order chi connectivity index (χ1) is 11.0. The molecule has 0 radical (unpaired) electrons. The monoisotopic (exact) mass is 318 g/mol. The van der Waals surface area contributed by atoms with Crippen molar-refractivity contribution in [2.24, 2.45) is 5.92 Å². The summed E-state index contributed by atoms with van der Waals surface area (Å²) in [7, 11) is 0. The molecule has 0 saturated heterocycles. The van der Waals surface area contributed by atoms with E-state index < -0.39 is 0 Å². The summed E-state index contributed by atoms with van der Waals surface area (Å²) in [6, 6.07) is 6.67. The standard InChI is InChI=1S/C17H22N2O4/c1-3-19(4-2)16(21)12-7-9-14(10-8-12)18-15(20)11-23-17(22)13-5-6-13/h7-10,13H,3-6,11H2,1-2H3,(H,18,20).